The first kappa shape index (κ1) is 15.1. The molecule has 0 saturated carbocycles. The van der Waals surface area contributed by atoms with Gasteiger partial charge in [-0.2, -0.15) is 5.10 Å². The van der Waals surface area contributed by atoms with E-state index in [9.17, 15) is 4.79 Å². The third-order valence-corrected chi connectivity index (χ3v) is 4.15. The van der Waals surface area contributed by atoms with E-state index in [4.69, 9.17) is 0 Å². The van der Waals surface area contributed by atoms with Crippen molar-refractivity contribution in [3.8, 4) is 11.3 Å². The Bertz CT molecular complexity index is 817. The number of nitrogens with one attached hydrogen (secondary N) is 1. The normalized spacial score (nSPS) is 10.7. The van der Waals surface area contributed by atoms with Crippen LogP contribution in [0.15, 0.2) is 48.8 Å². The summed E-state index contributed by atoms with van der Waals surface area (Å²) in [7, 11) is 3.76. The summed E-state index contributed by atoms with van der Waals surface area (Å²) in [4.78, 5) is 14.4. The number of benzene rings is 1. The number of aryl methyl sites for hydroxylation is 1. The molecule has 0 aliphatic carbocycles. The molecule has 1 aromatic carbocycles. The minimum atomic E-state index is 0.0170. The molecule has 0 aliphatic rings. The maximum atomic E-state index is 12.6. The van der Waals surface area contributed by atoms with Crippen molar-refractivity contribution in [1.82, 2.24) is 19.7 Å². The number of amides is 1. The molecule has 0 atom stereocenters. The number of carbonyl (C=O) groups is 1. The molecule has 23 heavy (non-hydrogen) atoms. The lowest BCUT2D eigenvalue weighted by atomic mass is 10.1. The average Bonchev–Trinajstić information content (AvgIpc) is 3.15. The van der Waals surface area contributed by atoms with Gasteiger partial charge < -0.3 is 9.47 Å². The monoisotopic (exact) mass is 308 g/mol. The molecule has 2 heterocycles. The molecule has 0 unspecified atom stereocenters. The smallest absolute Gasteiger partial charge is 0.255 e. The van der Waals surface area contributed by atoms with Gasteiger partial charge in [0, 0.05) is 38.1 Å². The number of hydrogen-bond acceptors (Lipinski definition) is 2. The van der Waals surface area contributed by atoms with Gasteiger partial charge in [-0.05, 0) is 18.6 Å². The maximum Gasteiger partial charge on any atom is 0.255 e. The van der Waals surface area contributed by atoms with Gasteiger partial charge in [0.05, 0.1) is 17.5 Å². The quantitative estimate of drug-likeness (QED) is 0.805. The third kappa shape index (κ3) is 2.90. The molecular weight excluding hydrogens is 288 g/mol. The van der Waals surface area contributed by atoms with Crippen molar-refractivity contribution >= 4 is 5.91 Å². The van der Waals surface area contributed by atoms with Crippen LogP contribution in [0.1, 0.15) is 21.6 Å². The Morgan fingerprint density at radius 2 is 2.00 bits per heavy atom. The highest BCUT2D eigenvalue weighted by atomic mass is 16.2. The molecule has 0 bridgehead atoms. The maximum absolute atomic E-state index is 12.6. The Labute approximate surface area is 135 Å². The Kier molecular flexibility index (Phi) is 4.02. The van der Waals surface area contributed by atoms with Crippen molar-refractivity contribution < 1.29 is 4.79 Å². The van der Waals surface area contributed by atoms with Crippen LogP contribution in [0.3, 0.4) is 0 Å². The summed E-state index contributed by atoms with van der Waals surface area (Å²) in [5.74, 6) is 0.0170. The number of aromatic amines is 1. The standard InChI is InChI=1S/C18H20N4O/c1-13-16(9-10-21(13)2)18(23)22(3)12-15-11-19-20-17(15)14-7-5-4-6-8-14/h4-11H,12H2,1-3H3,(H,19,20). The van der Waals surface area contributed by atoms with Gasteiger partial charge in [0.25, 0.3) is 5.91 Å². The topological polar surface area (TPSA) is 53.9 Å². The van der Waals surface area contributed by atoms with E-state index < -0.39 is 0 Å². The Morgan fingerprint density at radius 1 is 1.26 bits per heavy atom. The van der Waals surface area contributed by atoms with E-state index >= 15 is 0 Å². The van der Waals surface area contributed by atoms with Crippen LogP contribution in [0.2, 0.25) is 0 Å². The summed E-state index contributed by atoms with van der Waals surface area (Å²) in [6, 6.07) is 11.9. The molecule has 0 spiro atoms. The molecule has 1 N–H and O–H groups in total. The fourth-order valence-electron chi connectivity index (χ4n) is 2.65. The van der Waals surface area contributed by atoms with Crippen molar-refractivity contribution in [3.05, 3.63) is 65.6 Å². The van der Waals surface area contributed by atoms with Gasteiger partial charge in [-0.3, -0.25) is 9.89 Å². The first-order chi connectivity index (χ1) is 11.1. The first-order valence-electron chi connectivity index (χ1n) is 7.53. The van der Waals surface area contributed by atoms with E-state index in [1.54, 1.807) is 11.1 Å². The highest BCUT2D eigenvalue weighted by Gasteiger charge is 2.18. The average molecular weight is 308 g/mol. The highest BCUT2D eigenvalue weighted by molar-refractivity contribution is 5.95. The molecule has 3 aromatic rings. The van der Waals surface area contributed by atoms with E-state index in [0.29, 0.717) is 6.54 Å². The van der Waals surface area contributed by atoms with Gasteiger partial charge >= 0.3 is 0 Å². The Balaban J connectivity index is 1.82. The molecule has 2 aromatic heterocycles. The zero-order chi connectivity index (χ0) is 16.4. The van der Waals surface area contributed by atoms with Crippen molar-refractivity contribution in [3.63, 3.8) is 0 Å². The number of nitrogens with zero attached hydrogens (tertiary/aromatic N) is 3. The number of hydrogen-bond donors (Lipinski definition) is 1. The molecule has 5 nitrogen and oxygen atoms in total. The third-order valence-electron chi connectivity index (χ3n) is 4.15. The number of carbonyl (C=O) groups excluding carboxylic acids is 1. The Morgan fingerprint density at radius 3 is 2.65 bits per heavy atom. The van der Waals surface area contributed by atoms with E-state index in [2.05, 4.69) is 10.2 Å². The van der Waals surface area contributed by atoms with Crippen molar-refractivity contribution in [2.45, 2.75) is 13.5 Å². The van der Waals surface area contributed by atoms with Gasteiger partial charge in [0.1, 0.15) is 0 Å². The van der Waals surface area contributed by atoms with Gasteiger partial charge in [-0.1, -0.05) is 30.3 Å². The zero-order valence-electron chi connectivity index (χ0n) is 13.6. The minimum Gasteiger partial charge on any atom is -0.354 e. The van der Waals surface area contributed by atoms with Crippen LogP contribution in [-0.4, -0.2) is 32.6 Å². The molecule has 0 radical (unpaired) electrons. The van der Waals surface area contributed by atoms with Crippen LogP contribution in [0.25, 0.3) is 11.3 Å². The second kappa shape index (κ2) is 6.12. The minimum absolute atomic E-state index is 0.0170. The highest BCUT2D eigenvalue weighted by Crippen LogP contribution is 2.22. The van der Waals surface area contributed by atoms with Crippen LogP contribution < -0.4 is 0 Å². The van der Waals surface area contributed by atoms with Gasteiger partial charge in [-0.25, -0.2) is 0 Å². The summed E-state index contributed by atoms with van der Waals surface area (Å²) >= 11 is 0. The zero-order valence-corrected chi connectivity index (χ0v) is 13.6. The lowest BCUT2D eigenvalue weighted by molar-refractivity contribution is 0.0784. The largest absolute Gasteiger partial charge is 0.354 e. The number of rotatable bonds is 4. The van der Waals surface area contributed by atoms with Crippen LogP contribution >= 0.6 is 0 Å². The van der Waals surface area contributed by atoms with Crippen molar-refractivity contribution in [2.75, 3.05) is 7.05 Å². The summed E-state index contributed by atoms with van der Waals surface area (Å²) in [6.07, 6.45) is 3.69. The van der Waals surface area contributed by atoms with E-state index in [-0.39, 0.29) is 5.91 Å². The predicted octanol–water partition coefficient (Wildman–Crippen LogP) is 3.00. The second-order valence-corrected chi connectivity index (χ2v) is 5.72. The second-order valence-electron chi connectivity index (χ2n) is 5.72. The van der Waals surface area contributed by atoms with Crippen molar-refractivity contribution in [1.29, 1.82) is 0 Å². The van der Waals surface area contributed by atoms with Gasteiger partial charge in [-0.15, -0.1) is 0 Å². The lowest BCUT2D eigenvalue weighted by Gasteiger charge is -2.17. The van der Waals surface area contributed by atoms with E-state index in [1.165, 1.54) is 0 Å². The van der Waals surface area contributed by atoms with Gasteiger partial charge in [0.2, 0.25) is 0 Å². The van der Waals surface area contributed by atoms with Gasteiger partial charge in [0.15, 0.2) is 0 Å². The number of H-pyrrole nitrogens is 1. The molecule has 0 aliphatic heterocycles. The Hall–Kier alpha value is -2.82. The molecule has 0 fully saturated rings. The number of aromatic nitrogens is 3. The first-order valence-corrected chi connectivity index (χ1v) is 7.53. The molecule has 0 saturated heterocycles. The summed E-state index contributed by atoms with van der Waals surface area (Å²) < 4.78 is 1.95. The van der Waals surface area contributed by atoms with E-state index in [1.807, 2.05) is 68.2 Å². The van der Waals surface area contributed by atoms with Crippen molar-refractivity contribution in [2.24, 2.45) is 7.05 Å². The SMILES string of the molecule is Cc1c(C(=O)N(C)Cc2cn[nH]c2-c2ccccc2)ccn1C. The molecule has 1 amide bonds. The van der Waals surface area contributed by atoms with Crippen LogP contribution in [0.5, 0.6) is 0 Å². The predicted molar refractivity (Wildman–Crippen MR) is 90.0 cm³/mol. The summed E-state index contributed by atoms with van der Waals surface area (Å²) in [5, 5.41) is 7.17. The molecule has 118 valence electrons. The summed E-state index contributed by atoms with van der Waals surface area (Å²) in [5.41, 5.74) is 4.73. The molecule has 3 rings (SSSR count). The fourth-order valence-corrected chi connectivity index (χ4v) is 2.65. The van der Waals surface area contributed by atoms with Crippen LogP contribution in [0.4, 0.5) is 0 Å². The van der Waals surface area contributed by atoms with E-state index in [0.717, 1.165) is 28.1 Å². The molecule has 5 heteroatoms. The van der Waals surface area contributed by atoms with Crippen LogP contribution in [0, 0.1) is 6.92 Å². The fraction of sp³-hybridized carbons (Fsp3) is 0.222. The lowest BCUT2D eigenvalue weighted by Crippen LogP contribution is -2.26. The molecular formula is C18H20N4O. The van der Waals surface area contributed by atoms with Crippen LogP contribution in [-0.2, 0) is 13.6 Å². The summed E-state index contributed by atoms with van der Waals surface area (Å²) in [6.45, 7) is 2.46.